The fourth-order valence-corrected chi connectivity index (χ4v) is 2.07. The number of anilines is 1. The van der Waals surface area contributed by atoms with Crippen LogP contribution < -0.4 is 16.0 Å². The van der Waals surface area contributed by atoms with E-state index in [4.69, 9.17) is 5.73 Å². The van der Waals surface area contributed by atoms with Gasteiger partial charge in [0.25, 0.3) is 0 Å². The monoisotopic (exact) mass is 261 g/mol. The Bertz CT molecular complexity index is 577. The molecule has 0 fully saturated rings. The van der Waals surface area contributed by atoms with Crippen LogP contribution in [-0.2, 0) is 11.3 Å². The lowest BCUT2D eigenvalue weighted by molar-refractivity contribution is -0.119. The van der Waals surface area contributed by atoms with Crippen molar-refractivity contribution in [3.63, 3.8) is 0 Å². The standard InChI is InChI=1S/C13H19N5O/c1-3-15-12(19)9-17(2)13-10(8-14)18-7-5-4-6-11(18)16-13/h4-7H,3,8-9,14H2,1-2H3,(H,15,19). The second kappa shape index (κ2) is 5.71. The molecule has 2 aromatic rings. The zero-order valence-electron chi connectivity index (χ0n) is 11.3. The van der Waals surface area contributed by atoms with Crippen molar-refractivity contribution in [2.45, 2.75) is 13.5 Å². The Kier molecular flexibility index (Phi) is 4.01. The molecule has 6 nitrogen and oxygen atoms in total. The van der Waals surface area contributed by atoms with Crippen LogP contribution in [-0.4, -0.2) is 35.4 Å². The Morgan fingerprint density at radius 2 is 2.32 bits per heavy atom. The molecule has 0 atom stereocenters. The first-order chi connectivity index (χ1) is 9.17. The summed E-state index contributed by atoms with van der Waals surface area (Å²) in [6, 6.07) is 5.78. The van der Waals surface area contributed by atoms with Crippen LogP contribution in [0.5, 0.6) is 0 Å². The van der Waals surface area contributed by atoms with Gasteiger partial charge in [-0.05, 0) is 19.1 Å². The molecule has 0 radical (unpaired) electrons. The first kappa shape index (κ1) is 13.4. The van der Waals surface area contributed by atoms with Gasteiger partial charge < -0.3 is 20.4 Å². The molecule has 3 N–H and O–H groups in total. The first-order valence-corrected chi connectivity index (χ1v) is 6.31. The molecule has 0 spiro atoms. The smallest absolute Gasteiger partial charge is 0.239 e. The SMILES string of the molecule is CCNC(=O)CN(C)c1nc2ccccn2c1CN. The van der Waals surface area contributed by atoms with Gasteiger partial charge in [0.1, 0.15) is 5.65 Å². The number of carbonyl (C=O) groups is 1. The minimum Gasteiger partial charge on any atom is -0.355 e. The van der Waals surface area contributed by atoms with Crippen LogP contribution in [0.1, 0.15) is 12.6 Å². The van der Waals surface area contributed by atoms with E-state index in [2.05, 4.69) is 10.3 Å². The number of nitrogens with zero attached hydrogens (tertiary/aromatic N) is 3. The maximum atomic E-state index is 11.6. The number of likely N-dealkylation sites (N-methyl/N-ethyl adjacent to an activating group) is 2. The molecule has 0 aromatic carbocycles. The summed E-state index contributed by atoms with van der Waals surface area (Å²) in [4.78, 5) is 18.0. The molecule has 0 bridgehead atoms. The van der Waals surface area contributed by atoms with E-state index in [0.29, 0.717) is 13.1 Å². The Balaban J connectivity index is 2.30. The van der Waals surface area contributed by atoms with Gasteiger partial charge in [-0.1, -0.05) is 6.07 Å². The lowest BCUT2D eigenvalue weighted by Crippen LogP contribution is -2.35. The van der Waals surface area contributed by atoms with Crippen LogP contribution in [0.2, 0.25) is 0 Å². The summed E-state index contributed by atoms with van der Waals surface area (Å²) < 4.78 is 1.95. The quantitative estimate of drug-likeness (QED) is 0.815. The maximum absolute atomic E-state index is 11.6. The fraction of sp³-hybridized carbons (Fsp3) is 0.385. The lowest BCUT2D eigenvalue weighted by atomic mass is 10.3. The highest BCUT2D eigenvalue weighted by atomic mass is 16.2. The molecule has 19 heavy (non-hydrogen) atoms. The van der Waals surface area contributed by atoms with Crippen LogP contribution >= 0.6 is 0 Å². The number of imidazole rings is 1. The van der Waals surface area contributed by atoms with Crippen LogP contribution in [0.4, 0.5) is 5.82 Å². The second-order valence-corrected chi connectivity index (χ2v) is 4.32. The van der Waals surface area contributed by atoms with Crippen molar-refractivity contribution in [2.75, 3.05) is 25.0 Å². The van der Waals surface area contributed by atoms with Gasteiger partial charge in [-0.15, -0.1) is 0 Å². The molecule has 0 unspecified atom stereocenters. The maximum Gasteiger partial charge on any atom is 0.239 e. The number of hydrogen-bond acceptors (Lipinski definition) is 4. The number of aromatic nitrogens is 2. The number of fused-ring (bicyclic) bond motifs is 1. The Morgan fingerprint density at radius 3 is 3.00 bits per heavy atom. The molecule has 102 valence electrons. The largest absolute Gasteiger partial charge is 0.355 e. The van der Waals surface area contributed by atoms with Crippen LogP contribution in [0, 0.1) is 0 Å². The lowest BCUT2D eigenvalue weighted by Gasteiger charge is -2.17. The summed E-state index contributed by atoms with van der Waals surface area (Å²) in [6.07, 6.45) is 1.92. The van der Waals surface area contributed by atoms with Crippen molar-refractivity contribution in [3.8, 4) is 0 Å². The van der Waals surface area contributed by atoms with E-state index in [1.54, 1.807) is 0 Å². The van der Waals surface area contributed by atoms with E-state index in [1.165, 1.54) is 0 Å². The summed E-state index contributed by atoms with van der Waals surface area (Å²) in [7, 11) is 1.84. The summed E-state index contributed by atoms with van der Waals surface area (Å²) in [5.41, 5.74) is 7.54. The second-order valence-electron chi connectivity index (χ2n) is 4.32. The van der Waals surface area contributed by atoms with Gasteiger partial charge in [-0.3, -0.25) is 4.79 Å². The summed E-state index contributed by atoms with van der Waals surface area (Å²) >= 11 is 0. The number of nitrogens with one attached hydrogen (secondary N) is 1. The van der Waals surface area contributed by atoms with Gasteiger partial charge >= 0.3 is 0 Å². The predicted octanol–water partition coefficient (Wildman–Crippen LogP) is 0.365. The normalized spacial score (nSPS) is 10.7. The fourth-order valence-electron chi connectivity index (χ4n) is 2.07. The minimum absolute atomic E-state index is 0.0231. The number of pyridine rings is 1. The van der Waals surface area contributed by atoms with Gasteiger partial charge in [-0.2, -0.15) is 0 Å². The van der Waals surface area contributed by atoms with E-state index < -0.39 is 0 Å². The van der Waals surface area contributed by atoms with Crippen molar-refractivity contribution in [2.24, 2.45) is 5.73 Å². The van der Waals surface area contributed by atoms with Crippen molar-refractivity contribution in [3.05, 3.63) is 30.1 Å². The summed E-state index contributed by atoms with van der Waals surface area (Å²) in [6.45, 7) is 3.17. The highest BCUT2D eigenvalue weighted by molar-refractivity contribution is 5.81. The van der Waals surface area contributed by atoms with Gasteiger partial charge in [-0.25, -0.2) is 4.98 Å². The van der Waals surface area contributed by atoms with Gasteiger partial charge in [0.15, 0.2) is 5.82 Å². The zero-order valence-corrected chi connectivity index (χ0v) is 11.3. The van der Waals surface area contributed by atoms with Gasteiger partial charge in [0, 0.05) is 26.3 Å². The molecule has 1 amide bonds. The van der Waals surface area contributed by atoms with Gasteiger partial charge in [0.05, 0.1) is 12.2 Å². The molecule has 2 aromatic heterocycles. The number of nitrogens with two attached hydrogens (primary N) is 1. The topological polar surface area (TPSA) is 75.7 Å². The highest BCUT2D eigenvalue weighted by Gasteiger charge is 2.16. The molecular formula is C13H19N5O. The van der Waals surface area contributed by atoms with Crippen LogP contribution in [0.3, 0.4) is 0 Å². The Morgan fingerprint density at radius 1 is 1.53 bits per heavy atom. The average molecular weight is 261 g/mol. The molecule has 6 heteroatoms. The van der Waals surface area contributed by atoms with Crippen molar-refractivity contribution >= 4 is 17.4 Å². The molecule has 0 aliphatic carbocycles. The number of carbonyl (C=O) groups excluding carboxylic acids is 1. The van der Waals surface area contributed by atoms with E-state index in [9.17, 15) is 4.79 Å². The molecular weight excluding hydrogens is 242 g/mol. The molecule has 2 heterocycles. The predicted molar refractivity (Wildman–Crippen MR) is 75.0 cm³/mol. The van der Waals surface area contributed by atoms with E-state index >= 15 is 0 Å². The average Bonchev–Trinajstić information content (AvgIpc) is 2.77. The summed E-state index contributed by atoms with van der Waals surface area (Å²) in [5.74, 6) is 0.727. The third kappa shape index (κ3) is 2.68. The molecule has 0 aliphatic rings. The molecule has 2 rings (SSSR count). The molecule has 0 aliphatic heterocycles. The third-order valence-corrected chi connectivity index (χ3v) is 2.92. The van der Waals surface area contributed by atoms with Crippen molar-refractivity contribution in [1.82, 2.24) is 14.7 Å². The molecule has 0 saturated carbocycles. The Hall–Kier alpha value is -2.08. The first-order valence-electron chi connectivity index (χ1n) is 6.31. The van der Waals surface area contributed by atoms with Crippen molar-refractivity contribution in [1.29, 1.82) is 0 Å². The minimum atomic E-state index is -0.0231. The highest BCUT2D eigenvalue weighted by Crippen LogP contribution is 2.19. The molecule has 0 saturated heterocycles. The van der Waals surface area contributed by atoms with Crippen molar-refractivity contribution < 1.29 is 4.79 Å². The van der Waals surface area contributed by atoms with Gasteiger partial charge in [0.2, 0.25) is 5.91 Å². The number of hydrogen-bond donors (Lipinski definition) is 2. The van der Waals surface area contributed by atoms with E-state index in [1.807, 2.05) is 47.7 Å². The van der Waals surface area contributed by atoms with E-state index in [0.717, 1.165) is 17.2 Å². The summed E-state index contributed by atoms with van der Waals surface area (Å²) in [5, 5.41) is 2.77. The Labute approximate surface area is 112 Å². The zero-order chi connectivity index (χ0) is 13.8. The third-order valence-electron chi connectivity index (χ3n) is 2.92. The van der Waals surface area contributed by atoms with Crippen LogP contribution in [0.15, 0.2) is 24.4 Å². The number of rotatable bonds is 5. The van der Waals surface area contributed by atoms with E-state index in [-0.39, 0.29) is 12.5 Å². The number of amides is 1. The van der Waals surface area contributed by atoms with Crippen LogP contribution in [0.25, 0.3) is 5.65 Å².